The monoisotopic (exact) mass is 363 g/mol. The molecule has 1 amide bonds. The highest BCUT2D eigenvalue weighted by molar-refractivity contribution is 5.88. The quantitative estimate of drug-likeness (QED) is 0.748. The van der Waals surface area contributed by atoms with Crippen molar-refractivity contribution in [3.8, 4) is 11.3 Å². The molecular weight excluding hydrogens is 345 g/mol. The fourth-order valence-corrected chi connectivity index (χ4v) is 3.37. The van der Waals surface area contributed by atoms with E-state index in [1.165, 1.54) is 19.1 Å². The number of nitrogens with zero attached hydrogens (tertiary/aromatic N) is 2. The van der Waals surface area contributed by atoms with Gasteiger partial charge in [-0.2, -0.15) is 0 Å². The molecule has 4 rings (SSSR count). The lowest BCUT2D eigenvalue weighted by molar-refractivity contribution is -0.114. The van der Waals surface area contributed by atoms with Crippen molar-refractivity contribution >= 4 is 11.7 Å². The Morgan fingerprint density at radius 2 is 1.93 bits per heavy atom. The molecule has 0 saturated heterocycles. The lowest BCUT2D eigenvalue weighted by Gasteiger charge is -2.22. The number of aryl methyl sites for hydroxylation is 2. The Hall–Kier alpha value is -3.12. The van der Waals surface area contributed by atoms with Gasteiger partial charge in [-0.15, -0.1) is 0 Å². The van der Waals surface area contributed by atoms with Crippen molar-refractivity contribution in [2.75, 3.05) is 5.32 Å². The third kappa shape index (κ3) is 3.31. The van der Waals surface area contributed by atoms with Crippen LogP contribution in [0.15, 0.2) is 48.5 Å². The van der Waals surface area contributed by atoms with E-state index in [9.17, 15) is 14.3 Å². The smallest absolute Gasteiger partial charge is 0.222 e. The number of carbonyl (C=O) groups excluding carboxylic acids is 1. The molecule has 6 heteroatoms. The van der Waals surface area contributed by atoms with E-state index in [-0.39, 0.29) is 23.2 Å². The van der Waals surface area contributed by atoms with E-state index in [0.717, 1.165) is 16.8 Å². The normalized spacial score (nSPS) is 13.4. The number of aromatic nitrogens is 2. The van der Waals surface area contributed by atoms with Crippen LogP contribution in [0, 0.1) is 5.82 Å². The number of nitrogens with one attached hydrogen (secondary N) is 1. The lowest BCUT2D eigenvalue weighted by Crippen LogP contribution is -2.18. The number of aliphatic hydroxyl groups excluding tert-OH is 1. The summed E-state index contributed by atoms with van der Waals surface area (Å²) in [6, 6.07) is 13.7. The molecule has 1 aromatic heterocycles. The number of carbonyl (C=O) groups is 1. The van der Waals surface area contributed by atoms with Crippen LogP contribution in [0.25, 0.3) is 11.3 Å². The van der Waals surface area contributed by atoms with Gasteiger partial charge in [-0.3, -0.25) is 4.79 Å². The van der Waals surface area contributed by atoms with Gasteiger partial charge in [-0.05, 0) is 42.2 Å². The van der Waals surface area contributed by atoms with Gasteiger partial charge < -0.3 is 10.4 Å². The van der Waals surface area contributed by atoms with E-state index in [1.54, 1.807) is 18.2 Å². The zero-order valence-corrected chi connectivity index (χ0v) is 14.7. The molecule has 0 radical (unpaired) electrons. The first-order valence-corrected chi connectivity index (χ1v) is 8.73. The Morgan fingerprint density at radius 3 is 2.67 bits per heavy atom. The van der Waals surface area contributed by atoms with Gasteiger partial charge in [-0.1, -0.05) is 30.3 Å². The molecule has 1 aliphatic rings. The average molecular weight is 363 g/mol. The molecule has 0 fully saturated rings. The van der Waals surface area contributed by atoms with Gasteiger partial charge in [0.15, 0.2) is 5.82 Å². The minimum Gasteiger partial charge on any atom is -0.382 e. The van der Waals surface area contributed by atoms with E-state index < -0.39 is 6.10 Å². The van der Waals surface area contributed by atoms with Gasteiger partial charge in [-0.25, -0.2) is 14.4 Å². The van der Waals surface area contributed by atoms with Gasteiger partial charge in [0.2, 0.25) is 5.91 Å². The summed E-state index contributed by atoms with van der Waals surface area (Å²) in [6.45, 7) is 1.39. The summed E-state index contributed by atoms with van der Waals surface area (Å²) >= 11 is 0. The Labute approximate surface area is 155 Å². The molecule has 136 valence electrons. The van der Waals surface area contributed by atoms with E-state index in [0.29, 0.717) is 24.1 Å². The Morgan fingerprint density at radius 1 is 1.15 bits per heavy atom. The van der Waals surface area contributed by atoms with E-state index in [2.05, 4.69) is 15.3 Å². The SMILES string of the molecule is CC(=O)Nc1nc2c(nc1C(O)c1ccccc1)-c1ccc(F)cc1CC2. The molecule has 2 aromatic carbocycles. The number of rotatable bonds is 3. The van der Waals surface area contributed by atoms with Gasteiger partial charge in [0, 0.05) is 12.5 Å². The second kappa shape index (κ2) is 6.89. The third-order valence-corrected chi connectivity index (χ3v) is 4.62. The van der Waals surface area contributed by atoms with Crippen LogP contribution in [0.5, 0.6) is 0 Å². The van der Waals surface area contributed by atoms with Crippen molar-refractivity contribution in [3.63, 3.8) is 0 Å². The number of amides is 1. The molecule has 1 aliphatic carbocycles. The molecule has 1 heterocycles. The van der Waals surface area contributed by atoms with Crippen LogP contribution >= 0.6 is 0 Å². The molecule has 0 spiro atoms. The number of fused-ring (bicyclic) bond motifs is 3. The molecule has 2 N–H and O–H groups in total. The summed E-state index contributed by atoms with van der Waals surface area (Å²) in [7, 11) is 0. The second-order valence-electron chi connectivity index (χ2n) is 6.55. The number of aliphatic hydroxyl groups is 1. The van der Waals surface area contributed by atoms with Crippen molar-refractivity contribution in [2.24, 2.45) is 0 Å². The molecule has 1 atom stereocenters. The maximum Gasteiger partial charge on any atom is 0.222 e. The van der Waals surface area contributed by atoms with E-state index in [1.807, 2.05) is 18.2 Å². The maximum absolute atomic E-state index is 13.6. The fourth-order valence-electron chi connectivity index (χ4n) is 3.37. The van der Waals surface area contributed by atoms with Gasteiger partial charge in [0.1, 0.15) is 17.6 Å². The summed E-state index contributed by atoms with van der Waals surface area (Å²) < 4.78 is 13.6. The maximum atomic E-state index is 13.6. The Bertz CT molecular complexity index is 1020. The highest BCUT2D eigenvalue weighted by atomic mass is 19.1. The predicted molar refractivity (Wildman–Crippen MR) is 99.6 cm³/mol. The van der Waals surface area contributed by atoms with Gasteiger partial charge in [0.25, 0.3) is 0 Å². The second-order valence-corrected chi connectivity index (χ2v) is 6.55. The largest absolute Gasteiger partial charge is 0.382 e. The van der Waals surface area contributed by atoms with Crippen molar-refractivity contribution in [1.82, 2.24) is 9.97 Å². The molecule has 0 bridgehead atoms. The third-order valence-electron chi connectivity index (χ3n) is 4.62. The summed E-state index contributed by atoms with van der Waals surface area (Å²) in [5.74, 6) is -0.322. The topological polar surface area (TPSA) is 75.1 Å². The van der Waals surface area contributed by atoms with Crippen LogP contribution in [-0.2, 0) is 17.6 Å². The van der Waals surface area contributed by atoms with E-state index in [4.69, 9.17) is 0 Å². The summed E-state index contributed by atoms with van der Waals surface area (Å²) in [6.07, 6.45) is 0.193. The van der Waals surface area contributed by atoms with Crippen molar-refractivity contribution < 1.29 is 14.3 Å². The minimum absolute atomic E-state index is 0.253. The minimum atomic E-state index is -1.04. The van der Waals surface area contributed by atoms with Gasteiger partial charge in [0.05, 0.1) is 11.4 Å². The molecule has 5 nitrogen and oxygen atoms in total. The van der Waals surface area contributed by atoms with Gasteiger partial charge >= 0.3 is 0 Å². The first-order valence-electron chi connectivity index (χ1n) is 8.73. The predicted octanol–water partition coefficient (Wildman–Crippen LogP) is 3.42. The first-order chi connectivity index (χ1) is 13.0. The van der Waals surface area contributed by atoms with Crippen molar-refractivity contribution in [3.05, 3.63) is 76.9 Å². The van der Waals surface area contributed by atoms with Crippen LogP contribution in [-0.4, -0.2) is 21.0 Å². The summed E-state index contributed by atoms with van der Waals surface area (Å²) in [5, 5.41) is 13.5. The summed E-state index contributed by atoms with van der Waals surface area (Å²) in [5.41, 5.74) is 3.93. The fraction of sp³-hybridized carbons (Fsp3) is 0.190. The van der Waals surface area contributed by atoms with Crippen LogP contribution in [0.1, 0.15) is 35.5 Å². The number of benzene rings is 2. The van der Waals surface area contributed by atoms with Crippen molar-refractivity contribution in [2.45, 2.75) is 25.9 Å². The summed E-state index contributed by atoms with van der Waals surface area (Å²) in [4.78, 5) is 20.9. The average Bonchev–Trinajstić information content (AvgIpc) is 2.67. The molecule has 1 unspecified atom stereocenters. The zero-order valence-electron chi connectivity index (χ0n) is 14.7. The number of halogens is 1. The molecule has 27 heavy (non-hydrogen) atoms. The Kier molecular flexibility index (Phi) is 4.41. The molecule has 3 aromatic rings. The standard InChI is InChI=1S/C21H18FN3O2/c1-12(26)23-21-19(20(27)13-5-3-2-4-6-13)25-18-16-9-8-15(22)11-14(16)7-10-17(18)24-21/h2-6,8-9,11,20,27H,7,10H2,1H3,(H,23,24,26). The van der Waals surface area contributed by atoms with Crippen molar-refractivity contribution in [1.29, 1.82) is 0 Å². The number of anilines is 1. The zero-order chi connectivity index (χ0) is 19.0. The van der Waals surface area contributed by atoms with Crippen LogP contribution in [0.3, 0.4) is 0 Å². The molecule has 0 aliphatic heterocycles. The number of hydrogen-bond acceptors (Lipinski definition) is 4. The first kappa shape index (κ1) is 17.3. The van der Waals surface area contributed by atoms with E-state index >= 15 is 0 Å². The Balaban J connectivity index is 1.88. The molecular formula is C21H18FN3O2. The highest BCUT2D eigenvalue weighted by Crippen LogP contribution is 2.35. The van der Waals surface area contributed by atoms with Crippen LogP contribution in [0.2, 0.25) is 0 Å². The van der Waals surface area contributed by atoms with Crippen LogP contribution in [0.4, 0.5) is 10.2 Å². The van der Waals surface area contributed by atoms with Crippen LogP contribution < -0.4 is 5.32 Å². The molecule has 0 saturated carbocycles. The lowest BCUT2D eigenvalue weighted by atomic mass is 9.91. The highest BCUT2D eigenvalue weighted by Gasteiger charge is 2.25. The number of hydrogen-bond donors (Lipinski definition) is 2.